The number of nitrogens with one attached hydrogen (secondary N) is 2. The maximum absolute atomic E-state index is 5.18. The van der Waals surface area contributed by atoms with Crippen molar-refractivity contribution in [3.05, 3.63) is 47.5 Å². The van der Waals surface area contributed by atoms with E-state index < -0.39 is 0 Å². The highest BCUT2D eigenvalue weighted by Crippen LogP contribution is 2.20. The second-order valence-electron chi connectivity index (χ2n) is 4.59. The first-order chi connectivity index (χ1) is 9.24. The van der Waals surface area contributed by atoms with Crippen LogP contribution in [0.5, 0.6) is 5.75 Å². The quantitative estimate of drug-likeness (QED) is 0.838. The van der Waals surface area contributed by atoms with Crippen molar-refractivity contribution < 1.29 is 4.74 Å². The Labute approximate surface area is 114 Å². The van der Waals surface area contributed by atoms with Gasteiger partial charge in [0, 0.05) is 18.3 Å². The minimum Gasteiger partial charge on any atom is -0.497 e. The van der Waals surface area contributed by atoms with Crippen molar-refractivity contribution in [1.29, 1.82) is 0 Å². The number of hydrogen-bond donors (Lipinski definition) is 2. The second kappa shape index (κ2) is 6.38. The summed E-state index contributed by atoms with van der Waals surface area (Å²) in [6.07, 6.45) is 2.77. The minimum absolute atomic E-state index is 0.335. The van der Waals surface area contributed by atoms with E-state index in [1.165, 1.54) is 5.56 Å². The standard InChI is InChI=1S/C15H21N3O/c1-4-14(12-5-7-13(19-3)8-6-12)16-9-15-11(2)17-10-18-15/h5-8,10,14,16H,4,9H2,1-3H3,(H,17,18). The minimum atomic E-state index is 0.335. The maximum Gasteiger partial charge on any atom is 0.118 e. The summed E-state index contributed by atoms with van der Waals surface area (Å²) in [7, 11) is 1.69. The van der Waals surface area contributed by atoms with E-state index in [1.54, 1.807) is 13.4 Å². The molecule has 2 aromatic rings. The lowest BCUT2D eigenvalue weighted by molar-refractivity contribution is 0.414. The van der Waals surface area contributed by atoms with E-state index in [1.807, 2.05) is 19.1 Å². The van der Waals surface area contributed by atoms with Crippen LogP contribution in [0, 0.1) is 6.92 Å². The normalized spacial score (nSPS) is 12.4. The van der Waals surface area contributed by atoms with Crippen molar-refractivity contribution in [2.45, 2.75) is 32.9 Å². The number of nitrogens with zero attached hydrogens (tertiary/aromatic N) is 1. The van der Waals surface area contributed by atoms with Crippen LogP contribution in [0.3, 0.4) is 0 Å². The number of rotatable bonds is 6. The van der Waals surface area contributed by atoms with E-state index in [4.69, 9.17) is 4.74 Å². The van der Waals surface area contributed by atoms with E-state index in [0.717, 1.165) is 30.1 Å². The molecule has 4 heteroatoms. The molecule has 1 unspecified atom stereocenters. The van der Waals surface area contributed by atoms with Crippen molar-refractivity contribution in [1.82, 2.24) is 15.3 Å². The van der Waals surface area contributed by atoms with Crippen LogP contribution < -0.4 is 10.1 Å². The number of aryl methyl sites for hydroxylation is 1. The Balaban J connectivity index is 2.01. The van der Waals surface area contributed by atoms with Crippen LogP contribution >= 0.6 is 0 Å². The highest BCUT2D eigenvalue weighted by Gasteiger charge is 2.10. The Morgan fingerprint density at radius 2 is 2.05 bits per heavy atom. The third-order valence-corrected chi connectivity index (χ3v) is 3.38. The monoisotopic (exact) mass is 259 g/mol. The predicted octanol–water partition coefficient (Wildman–Crippen LogP) is 2.97. The lowest BCUT2D eigenvalue weighted by Gasteiger charge is -2.17. The van der Waals surface area contributed by atoms with Gasteiger partial charge in [-0.25, -0.2) is 4.98 Å². The molecule has 0 aliphatic carbocycles. The molecular weight excluding hydrogens is 238 g/mol. The SMILES string of the molecule is CCC(NCc1nc[nH]c1C)c1ccc(OC)cc1. The van der Waals surface area contributed by atoms with E-state index in [9.17, 15) is 0 Å². The van der Waals surface area contributed by atoms with Gasteiger partial charge in [-0.1, -0.05) is 19.1 Å². The fourth-order valence-electron chi connectivity index (χ4n) is 2.12. The molecule has 102 valence electrons. The molecule has 4 nitrogen and oxygen atoms in total. The molecule has 1 aromatic heterocycles. The van der Waals surface area contributed by atoms with Gasteiger partial charge in [-0.2, -0.15) is 0 Å². The van der Waals surface area contributed by atoms with Gasteiger partial charge < -0.3 is 15.0 Å². The maximum atomic E-state index is 5.18. The van der Waals surface area contributed by atoms with Gasteiger partial charge in [-0.05, 0) is 31.0 Å². The average Bonchev–Trinajstić information content (AvgIpc) is 2.86. The Hall–Kier alpha value is -1.81. The third-order valence-electron chi connectivity index (χ3n) is 3.38. The van der Waals surface area contributed by atoms with Crippen LogP contribution in [0.2, 0.25) is 0 Å². The number of hydrogen-bond acceptors (Lipinski definition) is 3. The highest BCUT2D eigenvalue weighted by atomic mass is 16.5. The summed E-state index contributed by atoms with van der Waals surface area (Å²) in [5.74, 6) is 0.891. The van der Waals surface area contributed by atoms with Gasteiger partial charge in [0.2, 0.25) is 0 Å². The van der Waals surface area contributed by atoms with Gasteiger partial charge in [0.25, 0.3) is 0 Å². The summed E-state index contributed by atoms with van der Waals surface area (Å²) in [4.78, 5) is 7.40. The van der Waals surface area contributed by atoms with Gasteiger partial charge in [0.05, 0.1) is 19.1 Å². The fourth-order valence-corrected chi connectivity index (χ4v) is 2.12. The highest BCUT2D eigenvalue weighted by molar-refractivity contribution is 5.29. The van der Waals surface area contributed by atoms with Crippen LogP contribution in [0.15, 0.2) is 30.6 Å². The number of aromatic nitrogens is 2. The van der Waals surface area contributed by atoms with Gasteiger partial charge in [-0.15, -0.1) is 0 Å². The zero-order chi connectivity index (χ0) is 13.7. The first kappa shape index (κ1) is 13.6. The van der Waals surface area contributed by atoms with Crippen LogP contribution in [0.1, 0.15) is 36.3 Å². The summed E-state index contributed by atoms with van der Waals surface area (Å²) in [6, 6.07) is 8.55. The molecule has 0 saturated carbocycles. The smallest absolute Gasteiger partial charge is 0.118 e. The van der Waals surface area contributed by atoms with Crippen molar-refractivity contribution in [2.75, 3.05) is 7.11 Å². The van der Waals surface area contributed by atoms with Gasteiger partial charge >= 0.3 is 0 Å². The first-order valence-corrected chi connectivity index (χ1v) is 6.60. The van der Waals surface area contributed by atoms with E-state index >= 15 is 0 Å². The van der Waals surface area contributed by atoms with Gasteiger partial charge in [0.1, 0.15) is 5.75 Å². The van der Waals surface area contributed by atoms with E-state index in [0.29, 0.717) is 6.04 Å². The lowest BCUT2D eigenvalue weighted by atomic mass is 10.0. The van der Waals surface area contributed by atoms with Crippen molar-refractivity contribution >= 4 is 0 Å². The molecule has 1 heterocycles. The van der Waals surface area contributed by atoms with Crippen LogP contribution in [-0.4, -0.2) is 17.1 Å². The van der Waals surface area contributed by atoms with Crippen LogP contribution in [0.25, 0.3) is 0 Å². The molecule has 0 bridgehead atoms. The number of aromatic amines is 1. The molecule has 1 atom stereocenters. The van der Waals surface area contributed by atoms with Crippen molar-refractivity contribution in [3.63, 3.8) is 0 Å². The zero-order valence-corrected chi connectivity index (χ0v) is 11.7. The lowest BCUT2D eigenvalue weighted by Crippen LogP contribution is -2.20. The Bertz CT molecular complexity index is 504. The largest absolute Gasteiger partial charge is 0.497 e. The molecule has 19 heavy (non-hydrogen) atoms. The van der Waals surface area contributed by atoms with Crippen LogP contribution in [-0.2, 0) is 6.54 Å². The van der Waals surface area contributed by atoms with Crippen molar-refractivity contribution in [2.24, 2.45) is 0 Å². The number of ether oxygens (including phenoxy) is 1. The number of benzene rings is 1. The van der Waals surface area contributed by atoms with E-state index in [2.05, 4.69) is 34.3 Å². The zero-order valence-electron chi connectivity index (χ0n) is 11.7. The number of imidazole rings is 1. The Morgan fingerprint density at radius 1 is 1.32 bits per heavy atom. The topological polar surface area (TPSA) is 49.9 Å². The molecule has 2 rings (SSSR count). The van der Waals surface area contributed by atoms with Gasteiger partial charge in [-0.3, -0.25) is 0 Å². The molecule has 0 spiro atoms. The summed E-state index contributed by atoms with van der Waals surface area (Å²) < 4.78 is 5.18. The summed E-state index contributed by atoms with van der Waals surface area (Å²) in [6.45, 7) is 5.00. The second-order valence-corrected chi connectivity index (χ2v) is 4.59. The van der Waals surface area contributed by atoms with Gasteiger partial charge in [0.15, 0.2) is 0 Å². The first-order valence-electron chi connectivity index (χ1n) is 6.60. The van der Waals surface area contributed by atoms with Crippen molar-refractivity contribution in [3.8, 4) is 5.75 Å². The third kappa shape index (κ3) is 3.35. The molecule has 0 aliphatic heterocycles. The van der Waals surface area contributed by atoms with Crippen LogP contribution in [0.4, 0.5) is 0 Å². The molecule has 2 N–H and O–H groups in total. The summed E-state index contributed by atoms with van der Waals surface area (Å²) in [5, 5.41) is 3.54. The average molecular weight is 259 g/mol. The molecule has 0 radical (unpaired) electrons. The number of methoxy groups -OCH3 is 1. The van der Waals surface area contributed by atoms with E-state index in [-0.39, 0.29) is 0 Å². The molecule has 0 amide bonds. The molecule has 0 saturated heterocycles. The summed E-state index contributed by atoms with van der Waals surface area (Å²) in [5.41, 5.74) is 3.47. The number of H-pyrrole nitrogens is 1. The molecule has 1 aromatic carbocycles. The molecule has 0 fully saturated rings. The Morgan fingerprint density at radius 3 is 2.58 bits per heavy atom. The predicted molar refractivity (Wildman–Crippen MR) is 76.2 cm³/mol. The summed E-state index contributed by atoms with van der Waals surface area (Å²) >= 11 is 0. The fraction of sp³-hybridized carbons (Fsp3) is 0.400. The molecular formula is C15H21N3O. The molecule has 0 aliphatic rings. The Kier molecular flexibility index (Phi) is 4.58.